The summed E-state index contributed by atoms with van der Waals surface area (Å²) in [5, 5.41) is 9.93. The molecule has 0 amide bonds. The van der Waals surface area contributed by atoms with Crippen LogP contribution in [0.15, 0.2) is 146 Å². The zero-order valence-electron chi connectivity index (χ0n) is 24.6. The number of aromatic nitrogens is 4. The van der Waals surface area contributed by atoms with E-state index >= 15 is 0 Å². The first-order valence-corrected chi connectivity index (χ1v) is 16.2. The van der Waals surface area contributed by atoms with E-state index in [-0.39, 0.29) is 0 Å². The normalized spacial score (nSPS) is 11.9. The van der Waals surface area contributed by atoms with Crippen LogP contribution in [0.4, 0.5) is 0 Å². The predicted octanol–water partition coefficient (Wildman–Crippen LogP) is 11.0. The highest BCUT2D eigenvalue weighted by atomic mass is 32.1. The van der Waals surface area contributed by atoms with Crippen LogP contribution in [0.1, 0.15) is 0 Å². The summed E-state index contributed by atoms with van der Waals surface area (Å²) in [6.07, 6.45) is 0. The second kappa shape index (κ2) is 9.80. The van der Waals surface area contributed by atoms with E-state index in [0.717, 1.165) is 22.2 Å². The van der Waals surface area contributed by atoms with Crippen molar-refractivity contribution in [2.45, 2.75) is 0 Å². The largest absolute Gasteiger partial charge is 0.277 e. The van der Waals surface area contributed by atoms with Crippen molar-refractivity contribution in [2.75, 3.05) is 0 Å². The number of hydrogen-bond acceptors (Lipinski definition) is 4. The van der Waals surface area contributed by atoms with Crippen LogP contribution in [-0.4, -0.2) is 19.5 Å². The first-order valence-electron chi connectivity index (χ1n) is 15.4. The third kappa shape index (κ3) is 3.63. The Bertz CT molecular complexity index is 2740. The SMILES string of the molecule is c1ccc(-c2nc(-c3ccccc3)nc(-n3c4ccccc4c4c5ccc6ccccc6c5c5sc6ccccc6c5c43)n2)cc1. The van der Waals surface area contributed by atoms with Crippen molar-refractivity contribution in [3.8, 4) is 28.7 Å². The van der Waals surface area contributed by atoms with Crippen LogP contribution in [0.5, 0.6) is 0 Å². The molecular weight excluding hydrogens is 581 g/mol. The Kier molecular flexibility index (Phi) is 5.41. The van der Waals surface area contributed by atoms with Crippen molar-refractivity contribution in [3.05, 3.63) is 146 Å². The number of fused-ring (bicyclic) bond motifs is 12. The molecule has 0 fully saturated rings. The summed E-state index contributed by atoms with van der Waals surface area (Å²) < 4.78 is 4.83. The lowest BCUT2D eigenvalue weighted by Gasteiger charge is -2.13. The molecule has 7 aromatic carbocycles. The highest BCUT2D eigenvalue weighted by Gasteiger charge is 2.24. The van der Waals surface area contributed by atoms with Crippen LogP contribution < -0.4 is 0 Å². The Morgan fingerprint density at radius 2 is 1.04 bits per heavy atom. The molecule has 0 bridgehead atoms. The van der Waals surface area contributed by atoms with Crippen molar-refractivity contribution in [1.29, 1.82) is 0 Å². The topological polar surface area (TPSA) is 43.6 Å². The van der Waals surface area contributed by atoms with Crippen molar-refractivity contribution in [1.82, 2.24) is 19.5 Å². The Balaban J connectivity index is 1.45. The van der Waals surface area contributed by atoms with E-state index in [1.165, 1.54) is 52.5 Å². The maximum atomic E-state index is 5.22. The van der Waals surface area contributed by atoms with Gasteiger partial charge in [0.15, 0.2) is 11.6 Å². The molecule has 214 valence electrons. The molecule has 0 atom stereocenters. The van der Waals surface area contributed by atoms with Crippen LogP contribution >= 0.6 is 11.3 Å². The minimum absolute atomic E-state index is 0.607. The summed E-state index contributed by atoms with van der Waals surface area (Å²) in [4.78, 5) is 15.4. The van der Waals surface area contributed by atoms with Gasteiger partial charge in [0.1, 0.15) is 0 Å². The second-order valence-electron chi connectivity index (χ2n) is 11.6. The number of thiophene rings is 1. The van der Waals surface area contributed by atoms with E-state index < -0.39 is 0 Å². The van der Waals surface area contributed by atoms with E-state index in [9.17, 15) is 0 Å². The molecule has 0 saturated carbocycles. The van der Waals surface area contributed by atoms with E-state index in [1.807, 2.05) is 47.7 Å². The molecule has 0 aliphatic rings. The second-order valence-corrected chi connectivity index (χ2v) is 12.7. The van der Waals surface area contributed by atoms with E-state index in [4.69, 9.17) is 15.0 Å². The van der Waals surface area contributed by atoms with E-state index in [0.29, 0.717) is 17.6 Å². The highest BCUT2D eigenvalue weighted by Crippen LogP contribution is 2.49. The molecule has 0 unspecified atom stereocenters. The van der Waals surface area contributed by atoms with Gasteiger partial charge in [0.2, 0.25) is 5.95 Å². The molecule has 3 heterocycles. The van der Waals surface area contributed by atoms with Gasteiger partial charge >= 0.3 is 0 Å². The quantitative estimate of drug-likeness (QED) is 0.188. The molecule has 0 saturated heterocycles. The molecule has 4 nitrogen and oxygen atoms in total. The minimum Gasteiger partial charge on any atom is -0.277 e. The fourth-order valence-electron chi connectivity index (χ4n) is 7.04. The molecule has 0 radical (unpaired) electrons. The Morgan fingerprint density at radius 1 is 0.435 bits per heavy atom. The maximum Gasteiger partial charge on any atom is 0.238 e. The van der Waals surface area contributed by atoms with Crippen LogP contribution in [0, 0.1) is 0 Å². The van der Waals surface area contributed by atoms with Crippen LogP contribution in [0.25, 0.3) is 92.2 Å². The van der Waals surface area contributed by atoms with Crippen LogP contribution in [0.3, 0.4) is 0 Å². The van der Waals surface area contributed by atoms with Crippen LogP contribution in [-0.2, 0) is 0 Å². The van der Waals surface area contributed by atoms with Gasteiger partial charge in [-0.1, -0.05) is 133 Å². The standard InChI is InChI=1S/C41H24N4S/c1-3-14-26(15-4-1)39-42-40(27-16-5-2-6-17-27)44-41(43-39)45-32-21-11-9-19-29(32)34-31-24-23-25-13-7-8-18-28(25)35(31)38-36(37(34)45)30-20-10-12-22-33(30)46-38/h1-24H. The molecule has 5 heteroatoms. The van der Waals surface area contributed by atoms with Gasteiger partial charge in [-0.05, 0) is 28.3 Å². The van der Waals surface area contributed by atoms with E-state index in [2.05, 4.69) is 114 Å². The summed E-state index contributed by atoms with van der Waals surface area (Å²) >= 11 is 1.87. The van der Waals surface area contributed by atoms with Gasteiger partial charge in [-0.3, -0.25) is 4.57 Å². The lowest BCUT2D eigenvalue weighted by Crippen LogP contribution is -2.06. The third-order valence-electron chi connectivity index (χ3n) is 9.02. The Morgan fingerprint density at radius 3 is 1.78 bits per heavy atom. The smallest absolute Gasteiger partial charge is 0.238 e. The molecule has 0 spiro atoms. The lowest BCUT2D eigenvalue weighted by atomic mass is 9.95. The molecule has 46 heavy (non-hydrogen) atoms. The zero-order valence-corrected chi connectivity index (χ0v) is 25.4. The first kappa shape index (κ1) is 25.4. The van der Waals surface area contributed by atoms with Gasteiger partial charge in [-0.2, -0.15) is 9.97 Å². The Labute approximate surface area is 267 Å². The third-order valence-corrected chi connectivity index (χ3v) is 10.2. The van der Waals surface area contributed by atoms with Gasteiger partial charge in [0.05, 0.1) is 11.0 Å². The lowest BCUT2D eigenvalue weighted by molar-refractivity contribution is 0.955. The van der Waals surface area contributed by atoms with Crippen molar-refractivity contribution in [2.24, 2.45) is 0 Å². The number of para-hydroxylation sites is 1. The van der Waals surface area contributed by atoms with Crippen LogP contribution in [0.2, 0.25) is 0 Å². The molecule has 3 aromatic heterocycles. The van der Waals surface area contributed by atoms with Crippen molar-refractivity contribution in [3.63, 3.8) is 0 Å². The first-order chi connectivity index (χ1) is 22.8. The fourth-order valence-corrected chi connectivity index (χ4v) is 8.31. The summed E-state index contributed by atoms with van der Waals surface area (Å²) in [5.74, 6) is 1.90. The fraction of sp³-hybridized carbons (Fsp3) is 0. The maximum absolute atomic E-state index is 5.22. The number of rotatable bonds is 3. The highest BCUT2D eigenvalue weighted by molar-refractivity contribution is 7.27. The molecule has 10 rings (SSSR count). The zero-order chi connectivity index (χ0) is 30.2. The number of hydrogen-bond donors (Lipinski definition) is 0. The minimum atomic E-state index is 0.607. The van der Waals surface area contributed by atoms with Crippen molar-refractivity contribution >= 4 is 74.9 Å². The van der Waals surface area contributed by atoms with E-state index in [1.54, 1.807) is 0 Å². The van der Waals surface area contributed by atoms with Gasteiger partial charge in [0.25, 0.3) is 0 Å². The summed E-state index contributed by atoms with van der Waals surface area (Å²) in [7, 11) is 0. The summed E-state index contributed by atoms with van der Waals surface area (Å²) in [6, 6.07) is 51.1. The number of nitrogens with zero attached hydrogens (tertiary/aromatic N) is 4. The van der Waals surface area contributed by atoms with Gasteiger partial charge in [-0.15, -0.1) is 11.3 Å². The molecule has 0 aliphatic carbocycles. The molecule has 0 aliphatic heterocycles. The van der Waals surface area contributed by atoms with Gasteiger partial charge < -0.3 is 0 Å². The van der Waals surface area contributed by atoms with Gasteiger partial charge in [-0.25, -0.2) is 4.98 Å². The average molecular weight is 605 g/mol. The predicted molar refractivity (Wildman–Crippen MR) is 193 cm³/mol. The molecular formula is C41H24N4S. The van der Waals surface area contributed by atoms with Crippen molar-refractivity contribution < 1.29 is 0 Å². The molecule has 0 N–H and O–H groups in total. The Hall–Kier alpha value is -5.91. The number of benzene rings is 7. The monoisotopic (exact) mass is 604 g/mol. The summed E-state index contributed by atoms with van der Waals surface area (Å²) in [6.45, 7) is 0. The molecule has 10 aromatic rings. The summed E-state index contributed by atoms with van der Waals surface area (Å²) in [5.41, 5.74) is 4.10. The average Bonchev–Trinajstić information content (AvgIpc) is 3.68. The van der Waals surface area contributed by atoms with Gasteiger partial charge in [0, 0.05) is 47.5 Å².